The summed E-state index contributed by atoms with van der Waals surface area (Å²) in [5.74, 6) is -1.20. The van der Waals surface area contributed by atoms with E-state index in [0.29, 0.717) is 12.1 Å². The van der Waals surface area contributed by atoms with E-state index in [4.69, 9.17) is 0 Å². The molecule has 7 heteroatoms. The molecule has 6 nitrogen and oxygen atoms in total. The summed E-state index contributed by atoms with van der Waals surface area (Å²) in [5, 5.41) is 5.45. The monoisotopic (exact) mass is 401 g/mol. The number of pyridine rings is 1. The maximum atomic E-state index is 13.1. The summed E-state index contributed by atoms with van der Waals surface area (Å²) in [4.78, 5) is 38.1. The second-order valence-corrected chi connectivity index (χ2v) is 7.88. The zero-order chi connectivity index (χ0) is 21.7. The third-order valence-corrected chi connectivity index (χ3v) is 4.28. The Hall–Kier alpha value is -2.96. The standard InChI is InChI=1S/C22H28FN3O3/c1-13(2)10-26-11-18(21(28)24-14(3)4)20(27)19(12-26)22(29)25-15(5)16-6-8-17(23)9-7-16/h6-9,11-15H,10H2,1-5H3,(H,24,28)(H,25,29)/t15-/m1/s1. The molecule has 0 spiro atoms. The van der Waals surface area contributed by atoms with Gasteiger partial charge in [-0.2, -0.15) is 0 Å². The highest BCUT2D eigenvalue weighted by Crippen LogP contribution is 2.14. The number of amides is 2. The normalized spacial score (nSPS) is 12.1. The van der Waals surface area contributed by atoms with E-state index in [1.807, 2.05) is 13.8 Å². The fourth-order valence-corrected chi connectivity index (χ4v) is 2.93. The van der Waals surface area contributed by atoms with Gasteiger partial charge in [0.2, 0.25) is 5.43 Å². The first-order valence-electron chi connectivity index (χ1n) is 9.69. The molecule has 2 N–H and O–H groups in total. The summed E-state index contributed by atoms with van der Waals surface area (Å²) in [6.45, 7) is 9.89. The van der Waals surface area contributed by atoms with Gasteiger partial charge in [0.25, 0.3) is 11.8 Å². The smallest absolute Gasteiger partial charge is 0.257 e. The van der Waals surface area contributed by atoms with Gasteiger partial charge in [0, 0.05) is 25.0 Å². The molecule has 0 fully saturated rings. The van der Waals surface area contributed by atoms with Gasteiger partial charge in [-0.05, 0) is 44.4 Å². The summed E-state index contributed by atoms with van der Waals surface area (Å²) in [6, 6.07) is 5.19. The zero-order valence-electron chi connectivity index (χ0n) is 17.5. The van der Waals surface area contributed by atoms with E-state index in [1.54, 1.807) is 37.5 Å². The van der Waals surface area contributed by atoms with Crippen molar-refractivity contribution in [1.29, 1.82) is 0 Å². The highest BCUT2D eigenvalue weighted by atomic mass is 19.1. The lowest BCUT2D eigenvalue weighted by Gasteiger charge is -2.17. The second-order valence-electron chi connectivity index (χ2n) is 7.88. The highest BCUT2D eigenvalue weighted by molar-refractivity contribution is 5.99. The highest BCUT2D eigenvalue weighted by Gasteiger charge is 2.21. The topological polar surface area (TPSA) is 80.2 Å². The molecule has 1 atom stereocenters. The molecule has 2 aromatic rings. The van der Waals surface area contributed by atoms with Crippen LogP contribution < -0.4 is 16.1 Å². The van der Waals surface area contributed by atoms with E-state index in [-0.39, 0.29) is 28.9 Å². The summed E-state index contributed by atoms with van der Waals surface area (Å²) in [6.07, 6.45) is 2.96. The van der Waals surface area contributed by atoms with Crippen molar-refractivity contribution in [3.05, 3.63) is 69.4 Å². The Morgan fingerprint density at radius 2 is 1.45 bits per heavy atom. The maximum Gasteiger partial charge on any atom is 0.257 e. The molecular weight excluding hydrogens is 373 g/mol. The fraction of sp³-hybridized carbons (Fsp3) is 0.409. The Bertz CT molecular complexity index is 933. The third kappa shape index (κ3) is 6.01. The first-order chi connectivity index (χ1) is 13.6. The number of nitrogens with one attached hydrogen (secondary N) is 2. The molecule has 2 amide bonds. The number of halogens is 1. The molecule has 0 unspecified atom stereocenters. The van der Waals surface area contributed by atoms with Crippen LogP contribution in [0.15, 0.2) is 41.5 Å². The first-order valence-corrected chi connectivity index (χ1v) is 9.69. The SMILES string of the molecule is CC(C)Cn1cc(C(=O)NC(C)C)c(=O)c(C(=O)N[C@H](C)c2ccc(F)cc2)c1. The third-order valence-electron chi connectivity index (χ3n) is 4.28. The average molecular weight is 401 g/mol. The summed E-state index contributed by atoms with van der Waals surface area (Å²) in [5.41, 5.74) is -0.0830. The first kappa shape index (κ1) is 22.3. The Kier molecular flexibility index (Phi) is 7.31. The lowest BCUT2D eigenvalue weighted by molar-refractivity contribution is 0.0937. The minimum atomic E-state index is -0.619. The number of rotatable bonds is 7. The lowest BCUT2D eigenvalue weighted by Crippen LogP contribution is -2.38. The van der Waals surface area contributed by atoms with Crippen LogP contribution in [0.4, 0.5) is 4.39 Å². The van der Waals surface area contributed by atoms with Gasteiger partial charge < -0.3 is 15.2 Å². The number of hydrogen-bond acceptors (Lipinski definition) is 3. The van der Waals surface area contributed by atoms with Crippen molar-refractivity contribution in [2.75, 3.05) is 0 Å². The van der Waals surface area contributed by atoms with E-state index >= 15 is 0 Å². The molecule has 1 aromatic heterocycles. The van der Waals surface area contributed by atoms with E-state index in [9.17, 15) is 18.8 Å². The van der Waals surface area contributed by atoms with E-state index in [2.05, 4.69) is 10.6 Å². The van der Waals surface area contributed by atoms with Crippen LogP contribution in [0.1, 0.15) is 66.9 Å². The van der Waals surface area contributed by atoms with Gasteiger partial charge >= 0.3 is 0 Å². The molecule has 0 bridgehead atoms. The zero-order valence-corrected chi connectivity index (χ0v) is 17.5. The van der Waals surface area contributed by atoms with Crippen molar-refractivity contribution in [2.45, 2.75) is 53.2 Å². The molecule has 156 valence electrons. The van der Waals surface area contributed by atoms with E-state index in [0.717, 1.165) is 0 Å². The number of benzene rings is 1. The Labute approximate surface area is 170 Å². The molecule has 0 aliphatic rings. The van der Waals surface area contributed by atoms with Crippen molar-refractivity contribution in [1.82, 2.24) is 15.2 Å². The lowest BCUT2D eigenvalue weighted by atomic mass is 10.1. The number of carbonyl (C=O) groups excluding carboxylic acids is 2. The van der Waals surface area contributed by atoms with Crippen molar-refractivity contribution in [2.24, 2.45) is 5.92 Å². The van der Waals surface area contributed by atoms with Crippen LogP contribution in [-0.4, -0.2) is 22.4 Å². The van der Waals surface area contributed by atoms with Gasteiger partial charge in [0.05, 0.1) is 6.04 Å². The molecule has 0 saturated heterocycles. The summed E-state index contributed by atoms with van der Waals surface area (Å²) < 4.78 is 14.8. The van der Waals surface area contributed by atoms with Gasteiger partial charge in [-0.25, -0.2) is 4.39 Å². The van der Waals surface area contributed by atoms with Gasteiger partial charge in [-0.1, -0.05) is 26.0 Å². The minimum absolute atomic E-state index is 0.0681. The van der Waals surface area contributed by atoms with Crippen LogP contribution in [0.2, 0.25) is 0 Å². The predicted octanol–water partition coefficient (Wildman–Crippen LogP) is 3.27. The van der Waals surface area contributed by atoms with Gasteiger partial charge in [-0.3, -0.25) is 14.4 Å². The van der Waals surface area contributed by atoms with Gasteiger partial charge in [-0.15, -0.1) is 0 Å². The fourth-order valence-electron chi connectivity index (χ4n) is 2.93. The molecule has 29 heavy (non-hydrogen) atoms. The molecule has 0 saturated carbocycles. The van der Waals surface area contributed by atoms with Crippen LogP contribution in [0.3, 0.4) is 0 Å². The van der Waals surface area contributed by atoms with Crippen LogP contribution in [0.5, 0.6) is 0 Å². The van der Waals surface area contributed by atoms with Crippen molar-refractivity contribution < 1.29 is 14.0 Å². The minimum Gasteiger partial charge on any atom is -0.352 e. The van der Waals surface area contributed by atoms with E-state index < -0.39 is 23.3 Å². The Morgan fingerprint density at radius 1 is 0.931 bits per heavy atom. The van der Waals surface area contributed by atoms with Crippen molar-refractivity contribution in [3.63, 3.8) is 0 Å². The average Bonchev–Trinajstić information content (AvgIpc) is 2.62. The number of aromatic nitrogens is 1. The number of nitrogens with zero attached hydrogens (tertiary/aromatic N) is 1. The molecule has 0 radical (unpaired) electrons. The molecule has 1 heterocycles. The largest absolute Gasteiger partial charge is 0.352 e. The number of carbonyl (C=O) groups is 2. The summed E-state index contributed by atoms with van der Waals surface area (Å²) >= 11 is 0. The molecule has 0 aliphatic carbocycles. The Morgan fingerprint density at radius 3 is 1.93 bits per heavy atom. The second kappa shape index (κ2) is 9.49. The molecular formula is C22H28FN3O3. The van der Waals surface area contributed by atoms with Crippen LogP contribution in [0.25, 0.3) is 0 Å². The van der Waals surface area contributed by atoms with Gasteiger partial charge in [0.15, 0.2) is 0 Å². The van der Waals surface area contributed by atoms with E-state index in [1.165, 1.54) is 24.5 Å². The molecule has 0 aliphatic heterocycles. The maximum absolute atomic E-state index is 13.1. The van der Waals surface area contributed by atoms with Gasteiger partial charge in [0.1, 0.15) is 16.9 Å². The Balaban J connectivity index is 2.38. The van der Waals surface area contributed by atoms with Crippen LogP contribution >= 0.6 is 0 Å². The van der Waals surface area contributed by atoms with Crippen LogP contribution in [0, 0.1) is 11.7 Å². The predicted molar refractivity (Wildman–Crippen MR) is 110 cm³/mol. The quantitative estimate of drug-likeness (QED) is 0.747. The summed E-state index contributed by atoms with van der Waals surface area (Å²) in [7, 11) is 0. The van der Waals surface area contributed by atoms with Crippen LogP contribution in [-0.2, 0) is 6.54 Å². The molecule has 1 aromatic carbocycles. The van der Waals surface area contributed by atoms with Crippen molar-refractivity contribution >= 4 is 11.8 Å². The number of hydrogen-bond donors (Lipinski definition) is 2. The molecule has 2 rings (SSSR count). The van der Waals surface area contributed by atoms with Crippen molar-refractivity contribution in [3.8, 4) is 0 Å².